The van der Waals surface area contributed by atoms with Gasteiger partial charge in [-0.05, 0) is 43.1 Å². The van der Waals surface area contributed by atoms with Crippen molar-refractivity contribution in [3.8, 4) is 0 Å². The Morgan fingerprint density at radius 2 is 2.29 bits per heavy atom. The molecule has 1 unspecified atom stereocenters. The number of nitrogens with zero attached hydrogens (tertiary/aromatic N) is 4. The molecule has 2 aliphatic rings. The van der Waals surface area contributed by atoms with Gasteiger partial charge in [-0.3, -0.25) is 14.6 Å². The van der Waals surface area contributed by atoms with Gasteiger partial charge in [0.15, 0.2) is 5.82 Å². The lowest BCUT2D eigenvalue weighted by Gasteiger charge is -2.28. The van der Waals surface area contributed by atoms with Crippen molar-refractivity contribution < 1.29 is 9.59 Å². The number of rotatable bonds is 5. The smallest absolute Gasteiger partial charge is 0.255 e. The lowest BCUT2D eigenvalue weighted by atomic mass is 10.1. The number of likely N-dealkylation sites (N-methyl/N-ethyl adjacent to an activating group) is 1. The van der Waals surface area contributed by atoms with Crippen molar-refractivity contribution in [2.24, 2.45) is 5.92 Å². The Bertz CT molecular complexity index is 866. The second-order valence-corrected chi connectivity index (χ2v) is 7.41. The quantitative estimate of drug-likeness (QED) is 0.808. The first-order valence-electron chi connectivity index (χ1n) is 9.50. The number of anilines is 2. The number of amides is 2. The molecule has 0 aromatic carbocycles. The van der Waals surface area contributed by atoms with Crippen LogP contribution in [0.4, 0.5) is 11.5 Å². The molecule has 0 spiro atoms. The predicted octanol–water partition coefficient (Wildman–Crippen LogP) is 1.12. The number of fused-ring (bicyclic) bond motifs is 1. The first-order chi connectivity index (χ1) is 13.6. The summed E-state index contributed by atoms with van der Waals surface area (Å²) >= 11 is 0. The molecule has 2 amide bonds. The van der Waals surface area contributed by atoms with Crippen molar-refractivity contribution >= 4 is 23.3 Å². The normalized spacial score (nSPS) is 18.5. The SMILES string of the molecule is CN1CC(=O)Nc2cc(C(=O)N(Cc3cccnc3)CC3CCNC3)cnc21. The van der Waals surface area contributed by atoms with Crippen molar-refractivity contribution in [2.75, 3.05) is 43.4 Å². The number of hydrogen-bond acceptors (Lipinski definition) is 6. The Morgan fingerprint density at radius 1 is 1.39 bits per heavy atom. The van der Waals surface area contributed by atoms with Crippen molar-refractivity contribution in [1.82, 2.24) is 20.2 Å². The zero-order valence-electron chi connectivity index (χ0n) is 15.9. The molecular formula is C20H24N6O2. The second-order valence-electron chi connectivity index (χ2n) is 7.41. The van der Waals surface area contributed by atoms with E-state index in [9.17, 15) is 9.59 Å². The average molecular weight is 380 g/mol. The molecule has 1 fully saturated rings. The molecule has 1 saturated heterocycles. The summed E-state index contributed by atoms with van der Waals surface area (Å²) in [6, 6.07) is 5.57. The maximum absolute atomic E-state index is 13.3. The third-order valence-electron chi connectivity index (χ3n) is 5.15. The molecule has 28 heavy (non-hydrogen) atoms. The van der Waals surface area contributed by atoms with Crippen LogP contribution in [0.5, 0.6) is 0 Å². The number of carbonyl (C=O) groups excluding carboxylic acids is 2. The van der Waals surface area contributed by atoms with Crippen molar-refractivity contribution in [2.45, 2.75) is 13.0 Å². The molecule has 2 aromatic heterocycles. The first kappa shape index (κ1) is 18.4. The number of pyridine rings is 2. The van der Waals surface area contributed by atoms with Crippen LogP contribution in [-0.4, -0.2) is 59.9 Å². The van der Waals surface area contributed by atoms with E-state index < -0.39 is 0 Å². The Hall–Kier alpha value is -3.00. The molecule has 8 nitrogen and oxygen atoms in total. The molecule has 0 bridgehead atoms. The van der Waals surface area contributed by atoms with Crippen molar-refractivity contribution in [1.29, 1.82) is 0 Å². The lowest BCUT2D eigenvalue weighted by molar-refractivity contribution is -0.115. The predicted molar refractivity (Wildman–Crippen MR) is 106 cm³/mol. The van der Waals surface area contributed by atoms with Gasteiger partial charge in [0.2, 0.25) is 5.91 Å². The molecule has 0 radical (unpaired) electrons. The number of nitrogens with one attached hydrogen (secondary N) is 2. The number of carbonyl (C=O) groups is 2. The van der Waals surface area contributed by atoms with E-state index in [-0.39, 0.29) is 18.4 Å². The summed E-state index contributed by atoms with van der Waals surface area (Å²) in [5.41, 5.74) is 2.04. The third-order valence-corrected chi connectivity index (χ3v) is 5.15. The highest BCUT2D eigenvalue weighted by Crippen LogP contribution is 2.27. The van der Waals surface area contributed by atoms with Crippen LogP contribution < -0.4 is 15.5 Å². The largest absolute Gasteiger partial charge is 0.349 e. The lowest BCUT2D eigenvalue weighted by Crippen LogP contribution is -2.37. The highest BCUT2D eigenvalue weighted by atomic mass is 16.2. The van der Waals surface area contributed by atoms with E-state index in [0.29, 0.717) is 36.1 Å². The highest BCUT2D eigenvalue weighted by Gasteiger charge is 2.26. The maximum Gasteiger partial charge on any atom is 0.255 e. The van der Waals surface area contributed by atoms with Gasteiger partial charge in [0.25, 0.3) is 5.91 Å². The van der Waals surface area contributed by atoms with Gasteiger partial charge in [0.05, 0.1) is 17.8 Å². The summed E-state index contributed by atoms with van der Waals surface area (Å²) in [6.07, 6.45) is 6.16. The van der Waals surface area contributed by atoms with Crippen molar-refractivity contribution in [3.05, 3.63) is 47.9 Å². The summed E-state index contributed by atoms with van der Waals surface area (Å²) in [6.45, 7) is 3.32. The van der Waals surface area contributed by atoms with Crippen LogP contribution in [0.25, 0.3) is 0 Å². The second kappa shape index (κ2) is 7.93. The minimum atomic E-state index is -0.106. The Kier molecular flexibility index (Phi) is 5.21. The van der Waals surface area contributed by atoms with Gasteiger partial charge >= 0.3 is 0 Å². The molecule has 2 aromatic rings. The third kappa shape index (κ3) is 3.96. The summed E-state index contributed by atoms with van der Waals surface area (Å²) in [5, 5.41) is 6.17. The van der Waals surface area contributed by atoms with Gasteiger partial charge in [-0.15, -0.1) is 0 Å². The monoisotopic (exact) mass is 380 g/mol. The summed E-state index contributed by atoms with van der Waals surface area (Å²) < 4.78 is 0. The molecule has 146 valence electrons. The van der Waals surface area contributed by atoms with E-state index in [2.05, 4.69) is 20.6 Å². The fraction of sp³-hybridized carbons (Fsp3) is 0.400. The minimum Gasteiger partial charge on any atom is -0.349 e. The topological polar surface area (TPSA) is 90.5 Å². The molecular weight excluding hydrogens is 356 g/mol. The average Bonchev–Trinajstić information content (AvgIpc) is 3.20. The van der Waals surface area contributed by atoms with Crippen LogP contribution in [0.15, 0.2) is 36.8 Å². The van der Waals surface area contributed by atoms with Gasteiger partial charge < -0.3 is 20.4 Å². The van der Waals surface area contributed by atoms with Gasteiger partial charge in [0.1, 0.15) is 0 Å². The summed E-state index contributed by atoms with van der Waals surface area (Å²) in [7, 11) is 1.81. The van der Waals surface area contributed by atoms with Gasteiger partial charge in [0, 0.05) is 38.7 Å². The highest BCUT2D eigenvalue weighted by molar-refractivity contribution is 6.02. The maximum atomic E-state index is 13.3. The first-order valence-corrected chi connectivity index (χ1v) is 9.50. The summed E-state index contributed by atoms with van der Waals surface area (Å²) in [4.78, 5) is 37.3. The van der Waals surface area contributed by atoms with E-state index >= 15 is 0 Å². The van der Waals surface area contributed by atoms with Crippen LogP contribution in [-0.2, 0) is 11.3 Å². The molecule has 4 heterocycles. The Balaban J connectivity index is 1.59. The van der Waals surface area contributed by atoms with E-state index in [1.54, 1.807) is 29.6 Å². The standard InChI is InChI=1S/C20H24N6O2/c1-25-13-18(27)24-17-7-16(10-23-19(17)25)20(28)26(12-15-4-6-22-9-15)11-14-3-2-5-21-8-14/h2-3,5,7-8,10,15,22H,4,6,9,11-13H2,1H3,(H,24,27). The molecule has 0 saturated carbocycles. The molecule has 8 heteroatoms. The molecule has 2 aliphatic heterocycles. The van der Waals surface area contributed by atoms with E-state index in [1.165, 1.54) is 0 Å². The van der Waals surface area contributed by atoms with Crippen LogP contribution in [0.3, 0.4) is 0 Å². The Morgan fingerprint density at radius 3 is 3.04 bits per heavy atom. The fourth-order valence-electron chi connectivity index (χ4n) is 3.75. The molecule has 4 rings (SSSR count). The van der Waals surface area contributed by atoms with Crippen molar-refractivity contribution in [3.63, 3.8) is 0 Å². The van der Waals surface area contributed by atoms with E-state index in [1.807, 2.05) is 24.1 Å². The molecule has 1 atom stereocenters. The Labute approximate surface area is 164 Å². The van der Waals surface area contributed by atoms with Crippen LogP contribution in [0.1, 0.15) is 22.3 Å². The zero-order valence-corrected chi connectivity index (χ0v) is 15.9. The minimum absolute atomic E-state index is 0.0893. The summed E-state index contributed by atoms with van der Waals surface area (Å²) in [5.74, 6) is 0.908. The van der Waals surface area contributed by atoms with Gasteiger partial charge in [-0.25, -0.2) is 4.98 Å². The van der Waals surface area contributed by atoms with E-state index in [0.717, 1.165) is 25.1 Å². The van der Waals surface area contributed by atoms with Crippen LogP contribution in [0.2, 0.25) is 0 Å². The zero-order chi connectivity index (χ0) is 19.5. The molecule has 0 aliphatic carbocycles. The van der Waals surface area contributed by atoms with Crippen LogP contribution >= 0.6 is 0 Å². The number of hydrogen-bond donors (Lipinski definition) is 2. The fourth-order valence-corrected chi connectivity index (χ4v) is 3.75. The number of aromatic nitrogens is 2. The molecule has 2 N–H and O–H groups in total. The van der Waals surface area contributed by atoms with Crippen LogP contribution in [0, 0.1) is 5.92 Å². The van der Waals surface area contributed by atoms with Gasteiger partial charge in [-0.1, -0.05) is 6.07 Å². The van der Waals surface area contributed by atoms with E-state index in [4.69, 9.17) is 0 Å². The van der Waals surface area contributed by atoms with Gasteiger partial charge in [-0.2, -0.15) is 0 Å².